The highest BCUT2D eigenvalue weighted by Crippen LogP contribution is 2.30. The summed E-state index contributed by atoms with van der Waals surface area (Å²) in [5.74, 6) is 0.299. The quantitative estimate of drug-likeness (QED) is 0.684. The average Bonchev–Trinajstić information content (AvgIpc) is 3.17. The molecular weight excluding hydrogens is 380 g/mol. The number of anilines is 2. The molecule has 1 fully saturated rings. The van der Waals surface area contributed by atoms with E-state index in [2.05, 4.69) is 20.3 Å². The Morgan fingerprint density at radius 3 is 2.46 bits per heavy atom. The summed E-state index contributed by atoms with van der Waals surface area (Å²) in [7, 11) is -3.75. The number of nitrogens with zero attached hydrogens (tertiary/aromatic N) is 4. The second-order valence-corrected chi connectivity index (χ2v) is 8.47. The van der Waals surface area contributed by atoms with Crippen LogP contribution in [0.15, 0.2) is 40.2 Å². The molecule has 3 aromatic rings. The van der Waals surface area contributed by atoms with Crippen molar-refractivity contribution in [1.29, 1.82) is 0 Å². The molecule has 0 aliphatic heterocycles. The number of rotatable bonds is 4. The third-order valence-electron chi connectivity index (χ3n) is 4.92. The summed E-state index contributed by atoms with van der Waals surface area (Å²) in [4.78, 5) is 25.9. The molecule has 0 saturated heterocycles. The van der Waals surface area contributed by atoms with Crippen molar-refractivity contribution >= 4 is 32.8 Å². The maximum atomic E-state index is 12.7. The molecule has 4 rings (SSSR count). The largest absolute Gasteiger partial charge is 0.324 e. The number of hydrogen-bond donors (Lipinski definition) is 2. The van der Waals surface area contributed by atoms with Crippen molar-refractivity contribution in [3.05, 3.63) is 46.5 Å². The van der Waals surface area contributed by atoms with E-state index in [9.17, 15) is 13.2 Å². The van der Waals surface area contributed by atoms with Crippen molar-refractivity contribution in [2.24, 2.45) is 5.14 Å². The van der Waals surface area contributed by atoms with Crippen LogP contribution in [0.5, 0.6) is 0 Å². The highest BCUT2D eigenvalue weighted by Gasteiger charge is 2.22. The van der Waals surface area contributed by atoms with Gasteiger partial charge in [-0.15, -0.1) is 0 Å². The van der Waals surface area contributed by atoms with E-state index in [0.29, 0.717) is 28.5 Å². The second kappa shape index (κ2) is 6.95. The van der Waals surface area contributed by atoms with Crippen LogP contribution < -0.4 is 16.0 Å². The monoisotopic (exact) mass is 400 g/mol. The van der Waals surface area contributed by atoms with Gasteiger partial charge in [0.15, 0.2) is 5.65 Å². The van der Waals surface area contributed by atoms with Gasteiger partial charge in [0.2, 0.25) is 16.0 Å². The van der Waals surface area contributed by atoms with Crippen LogP contribution >= 0.6 is 0 Å². The lowest BCUT2D eigenvalue weighted by molar-refractivity contribution is 0.511. The van der Waals surface area contributed by atoms with E-state index in [1.54, 1.807) is 29.8 Å². The van der Waals surface area contributed by atoms with Gasteiger partial charge in [-0.25, -0.2) is 23.5 Å². The third-order valence-corrected chi connectivity index (χ3v) is 5.85. The van der Waals surface area contributed by atoms with Gasteiger partial charge < -0.3 is 5.32 Å². The molecule has 1 saturated carbocycles. The Balaban J connectivity index is 1.74. The first-order chi connectivity index (χ1) is 13.3. The zero-order valence-corrected chi connectivity index (χ0v) is 16.1. The Labute approximate surface area is 161 Å². The summed E-state index contributed by atoms with van der Waals surface area (Å²) in [6.45, 7) is 1.70. The topological polar surface area (TPSA) is 133 Å². The maximum absolute atomic E-state index is 12.7. The lowest BCUT2D eigenvalue weighted by Gasteiger charge is -2.17. The minimum atomic E-state index is -3.75. The molecule has 1 aliphatic rings. The standard InChI is InChI=1S/C18H20N6O3S/c1-11-17(25)24(13-4-2-3-5-13)16-15(21-11)10-20-18(23-16)22-12-6-8-14(9-7-12)28(19,26)27/h6-10,13H,2-5H2,1H3,(H2,19,26,27)(H,20,22,23). The molecule has 0 amide bonds. The smallest absolute Gasteiger partial charge is 0.273 e. The predicted molar refractivity (Wildman–Crippen MR) is 105 cm³/mol. The molecule has 0 unspecified atom stereocenters. The van der Waals surface area contributed by atoms with Crippen LogP contribution in [0.3, 0.4) is 0 Å². The second-order valence-electron chi connectivity index (χ2n) is 6.91. The first kappa shape index (κ1) is 18.5. The Hall–Kier alpha value is -2.85. The van der Waals surface area contributed by atoms with Gasteiger partial charge in [-0.1, -0.05) is 12.8 Å². The van der Waals surface area contributed by atoms with Gasteiger partial charge in [-0.2, -0.15) is 4.98 Å². The van der Waals surface area contributed by atoms with Crippen LogP contribution in [-0.4, -0.2) is 27.9 Å². The molecule has 1 aliphatic carbocycles. The summed E-state index contributed by atoms with van der Waals surface area (Å²) < 4.78 is 24.5. The summed E-state index contributed by atoms with van der Waals surface area (Å²) >= 11 is 0. The van der Waals surface area contributed by atoms with Crippen molar-refractivity contribution in [2.75, 3.05) is 5.32 Å². The Bertz CT molecular complexity index is 1200. The summed E-state index contributed by atoms with van der Waals surface area (Å²) in [6.07, 6.45) is 5.65. The molecule has 0 radical (unpaired) electrons. The Kier molecular flexibility index (Phi) is 4.60. The van der Waals surface area contributed by atoms with E-state index in [1.165, 1.54) is 12.1 Å². The van der Waals surface area contributed by atoms with Crippen molar-refractivity contribution in [3.8, 4) is 0 Å². The molecule has 0 bridgehead atoms. The number of primary sulfonamides is 1. The zero-order valence-electron chi connectivity index (χ0n) is 15.3. The summed E-state index contributed by atoms with van der Waals surface area (Å²) in [6, 6.07) is 6.07. The zero-order chi connectivity index (χ0) is 19.9. The summed E-state index contributed by atoms with van der Waals surface area (Å²) in [5.41, 5.74) is 1.98. The van der Waals surface area contributed by atoms with Gasteiger partial charge in [0.25, 0.3) is 5.56 Å². The van der Waals surface area contributed by atoms with E-state index >= 15 is 0 Å². The van der Waals surface area contributed by atoms with E-state index < -0.39 is 10.0 Å². The number of aromatic nitrogens is 4. The van der Waals surface area contributed by atoms with E-state index in [4.69, 9.17) is 5.14 Å². The maximum Gasteiger partial charge on any atom is 0.273 e. The highest BCUT2D eigenvalue weighted by molar-refractivity contribution is 7.89. The number of benzene rings is 1. The Morgan fingerprint density at radius 2 is 1.82 bits per heavy atom. The predicted octanol–water partition coefficient (Wildman–Crippen LogP) is 2.00. The third kappa shape index (κ3) is 3.48. The van der Waals surface area contributed by atoms with Crippen LogP contribution in [0.25, 0.3) is 11.2 Å². The van der Waals surface area contributed by atoms with Crippen molar-refractivity contribution in [1.82, 2.24) is 19.5 Å². The van der Waals surface area contributed by atoms with Gasteiger partial charge in [-0.05, 0) is 44.0 Å². The van der Waals surface area contributed by atoms with Crippen molar-refractivity contribution in [3.63, 3.8) is 0 Å². The number of nitrogens with two attached hydrogens (primary N) is 1. The van der Waals surface area contributed by atoms with Crippen LogP contribution in [0.2, 0.25) is 0 Å². The van der Waals surface area contributed by atoms with Gasteiger partial charge in [0.05, 0.1) is 11.1 Å². The van der Waals surface area contributed by atoms with E-state index in [-0.39, 0.29) is 16.5 Å². The van der Waals surface area contributed by atoms with Crippen molar-refractivity contribution in [2.45, 2.75) is 43.5 Å². The summed E-state index contributed by atoms with van der Waals surface area (Å²) in [5, 5.41) is 8.14. The fraction of sp³-hybridized carbons (Fsp3) is 0.333. The molecule has 0 atom stereocenters. The van der Waals surface area contributed by atoms with Gasteiger partial charge in [0.1, 0.15) is 11.2 Å². The van der Waals surface area contributed by atoms with Crippen LogP contribution in [-0.2, 0) is 10.0 Å². The molecule has 2 heterocycles. The number of hydrogen-bond acceptors (Lipinski definition) is 7. The van der Waals surface area contributed by atoms with Crippen LogP contribution in [0, 0.1) is 6.92 Å². The molecule has 9 nitrogen and oxygen atoms in total. The van der Waals surface area contributed by atoms with E-state index in [0.717, 1.165) is 25.7 Å². The number of aryl methyl sites for hydroxylation is 1. The van der Waals surface area contributed by atoms with Gasteiger partial charge in [-0.3, -0.25) is 9.36 Å². The van der Waals surface area contributed by atoms with Gasteiger partial charge >= 0.3 is 0 Å². The molecular formula is C18H20N6O3S. The SMILES string of the molecule is Cc1nc2cnc(Nc3ccc(S(N)(=O)=O)cc3)nc2n(C2CCCC2)c1=O. The fourth-order valence-corrected chi connectivity index (χ4v) is 4.06. The van der Waals surface area contributed by atoms with Gasteiger partial charge in [0, 0.05) is 11.7 Å². The normalized spacial score (nSPS) is 15.2. The molecule has 146 valence electrons. The Morgan fingerprint density at radius 1 is 1.14 bits per heavy atom. The first-order valence-corrected chi connectivity index (χ1v) is 10.5. The lowest BCUT2D eigenvalue weighted by atomic mass is 10.2. The fourth-order valence-electron chi connectivity index (χ4n) is 3.54. The highest BCUT2D eigenvalue weighted by atomic mass is 32.2. The molecule has 0 spiro atoms. The average molecular weight is 400 g/mol. The minimum absolute atomic E-state index is 0.0206. The van der Waals surface area contributed by atoms with Crippen molar-refractivity contribution < 1.29 is 8.42 Å². The lowest BCUT2D eigenvalue weighted by Crippen LogP contribution is -2.27. The number of nitrogens with one attached hydrogen (secondary N) is 1. The molecule has 1 aromatic carbocycles. The molecule has 2 aromatic heterocycles. The molecule has 10 heteroatoms. The van der Waals surface area contributed by atoms with Crippen LogP contribution in [0.4, 0.5) is 11.6 Å². The minimum Gasteiger partial charge on any atom is -0.324 e. The number of sulfonamides is 1. The molecule has 28 heavy (non-hydrogen) atoms. The van der Waals surface area contributed by atoms with E-state index in [1.807, 2.05) is 0 Å². The first-order valence-electron chi connectivity index (χ1n) is 8.99. The molecule has 3 N–H and O–H groups in total. The number of fused-ring (bicyclic) bond motifs is 1. The van der Waals surface area contributed by atoms with Crippen LogP contribution in [0.1, 0.15) is 37.4 Å².